The third-order valence-corrected chi connectivity index (χ3v) is 2.93. The Morgan fingerprint density at radius 1 is 1.15 bits per heavy atom. The lowest BCUT2D eigenvalue weighted by Crippen LogP contribution is -2.41. The maximum atomic E-state index is 11.9. The Morgan fingerprint density at radius 3 is 2.30 bits per heavy atom. The van der Waals surface area contributed by atoms with E-state index in [2.05, 4.69) is 5.32 Å². The van der Waals surface area contributed by atoms with Crippen LogP contribution in [0.15, 0.2) is 0 Å². The first-order valence-electron chi connectivity index (χ1n) is 6.82. The average molecular weight is 283 g/mol. The fraction of sp³-hybridized carbons (Fsp3) is 0.692. The Hall–Kier alpha value is -1.92. The molecule has 0 radical (unpaired) electrons. The molecule has 1 fully saturated rings. The van der Waals surface area contributed by atoms with Crippen molar-refractivity contribution in [3.63, 3.8) is 0 Å². The molecule has 7 heteroatoms. The molecule has 1 rings (SSSR count). The fourth-order valence-corrected chi connectivity index (χ4v) is 1.81. The summed E-state index contributed by atoms with van der Waals surface area (Å²) in [6.07, 6.45) is 1.38. The highest BCUT2D eigenvalue weighted by atomic mass is 16.2. The minimum absolute atomic E-state index is 0.189. The second-order valence-electron chi connectivity index (χ2n) is 5.16. The van der Waals surface area contributed by atoms with Crippen LogP contribution in [0.4, 0.5) is 4.79 Å². The van der Waals surface area contributed by atoms with Gasteiger partial charge in [-0.3, -0.25) is 19.3 Å². The number of amides is 5. The van der Waals surface area contributed by atoms with Gasteiger partial charge in [-0.1, -0.05) is 20.8 Å². The van der Waals surface area contributed by atoms with Crippen LogP contribution in [0, 0.1) is 5.92 Å². The first-order valence-corrected chi connectivity index (χ1v) is 6.82. The molecule has 20 heavy (non-hydrogen) atoms. The van der Waals surface area contributed by atoms with Gasteiger partial charge in [-0.2, -0.15) is 0 Å². The van der Waals surface area contributed by atoms with Crippen LogP contribution in [-0.2, 0) is 14.4 Å². The van der Waals surface area contributed by atoms with E-state index in [1.54, 1.807) is 6.92 Å². The molecular formula is C13H21N3O4. The third-order valence-electron chi connectivity index (χ3n) is 2.93. The zero-order valence-corrected chi connectivity index (χ0v) is 12.1. The van der Waals surface area contributed by atoms with E-state index in [1.165, 1.54) is 0 Å². The molecule has 0 aromatic carbocycles. The highest BCUT2D eigenvalue weighted by Gasteiger charge is 2.44. The third kappa shape index (κ3) is 3.79. The first kappa shape index (κ1) is 16.1. The van der Waals surface area contributed by atoms with Crippen molar-refractivity contribution in [1.29, 1.82) is 0 Å². The van der Waals surface area contributed by atoms with Crippen molar-refractivity contribution in [3.05, 3.63) is 0 Å². The van der Waals surface area contributed by atoms with Crippen LogP contribution in [0.1, 0.15) is 33.6 Å². The molecule has 1 saturated heterocycles. The molecule has 0 aliphatic carbocycles. The lowest BCUT2D eigenvalue weighted by molar-refractivity contribution is -0.144. The van der Waals surface area contributed by atoms with Crippen LogP contribution in [0.25, 0.3) is 0 Å². The van der Waals surface area contributed by atoms with E-state index < -0.39 is 30.3 Å². The Balaban J connectivity index is 2.55. The quantitative estimate of drug-likeness (QED) is 0.539. The summed E-state index contributed by atoms with van der Waals surface area (Å²) in [6.45, 7) is 6.13. The molecule has 1 aliphatic heterocycles. The molecule has 0 saturated carbocycles. The minimum atomic E-state index is -0.928. The Kier molecular flexibility index (Phi) is 5.66. The number of rotatable bonds is 7. The van der Waals surface area contributed by atoms with Gasteiger partial charge in [0.1, 0.15) is 6.54 Å². The van der Waals surface area contributed by atoms with E-state index in [0.717, 1.165) is 11.3 Å². The Labute approximate surface area is 118 Å². The van der Waals surface area contributed by atoms with E-state index in [4.69, 9.17) is 0 Å². The van der Waals surface area contributed by atoms with Crippen molar-refractivity contribution >= 4 is 23.8 Å². The van der Waals surface area contributed by atoms with E-state index in [0.29, 0.717) is 23.8 Å². The molecule has 0 atom stereocenters. The number of urea groups is 1. The van der Waals surface area contributed by atoms with Gasteiger partial charge in [-0.05, 0) is 18.8 Å². The van der Waals surface area contributed by atoms with Gasteiger partial charge in [0.05, 0.1) is 0 Å². The first-order chi connectivity index (χ1) is 9.38. The van der Waals surface area contributed by atoms with Crippen LogP contribution in [0.5, 0.6) is 0 Å². The van der Waals surface area contributed by atoms with Gasteiger partial charge in [0.2, 0.25) is 5.91 Å². The van der Waals surface area contributed by atoms with Gasteiger partial charge >= 0.3 is 17.8 Å². The average Bonchev–Trinajstić information content (AvgIpc) is 2.56. The summed E-state index contributed by atoms with van der Waals surface area (Å²) in [4.78, 5) is 48.3. The van der Waals surface area contributed by atoms with Crippen molar-refractivity contribution in [2.24, 2.45) is 5.92 Å². The molecule has 0 spiro atoms. The topological polar surface area (TPSA) is 86.8 Å². The molecule has 0 unspecified atom stereocenters. The highest BCUT2D eigenvalue weighted by molar-refractivity contribution is 6.45. The smallest absolute Gasteiger partial charge is 0.334 e. The summed E-state index contributed by atoms with van der Waals surface area (Å²) in [5.74, 6) is -1.76. The van der Waals surface area contributed by atoms with Crippen molar-refractivity contribution in [3.8, 4) is 0 Å². The number of carbonyl (C=O) groups excluding carboxylic acids is 4. The van der Waals surface area contributed by atoms with Crippen LogP contribution in [0.2, 0.25) is 0 Å². The van der Waals surface area contributed by atoms with Gasteiger partial charge in [0.15, 0.2) is 0 Å². The Morgan fingerprint density at radius 2 is 1.75 bits per heavy atom. The number of nitrogens with one attached hydrogen (secondary N) is 1. The molecule has 1 heterocycles. The summed E-state index contributed by atoms with van der Waals surface area (Å²) >= 11 is 0. The minimum Gasteiger partial charge on any atom is -0.355 e. The number of hydrogen-bond acceptors (Lipinski definition) is 4. The zero-order chi connectivity index (χ0) is 15.3. The summed E-state index contributed by atoms with van der Waals surface area (Å²) < 4.78 is 0. The van der Waals surface area contributed by atoms with Crippen molar-refractivity contribution in [1.82, 2.24) is 15.1 Å². The largest absolute Gasteiger partial charge is 0.355 e. The van der Waals surface area contributed by atoms with E-state index >= 15 is 0 Å². The normalized spacial score (nSPS) is 15.5. The van der Waals surface area contributed by atoms with Crippen molar-refractivity contribution < 1.29 is 19.2 Å². The maximum absolute atomic E-state index is 11.9. The summed E-state index contributed by atoms with van der Waals surface area (Å²) in [7, 11) is 0. The highest BCUT2D eigenvalue weighted by Crippen LogP contribution is 2.11. The summed E-state index contributed by atoms with van der Waals surface area (Å²) in [5.41, 5.74) is 0. The Bertz CT molecular complexity index is 420. The molecule has 5 amide bonds. The van der Waals surface area contributed by atoms with Crippen LogP contribution in [-0.4, -0.2) is 53.2 Å². The number of carbonyl (C=O) groups is 4. The molecule has 7 nitrogen and oxygen atoms in total. The predicted octanol–water partition coefficient (Wildman–Crippen LogP) is 0.349. The predicted molar refractivity (Wildman–Crippen MR) is 71.6 cm³/mol. The van der Waals surface area contributed by atoms with E-state index in [9.17, 15) is 19.2 Å². The second kappa shape index (κ2) is 7.02. The molecular weight excluding hydrogens is 262 g/mol. The number of nitrogens with zero attached hydrogens (tertiary/aromatic N) is 2. The van der Waals surface area contributed by atoms with E-state index in [1.807, 2.05) is 13.8 Å². The van der Waals surface area contributed by atoms with Gasteiger partial charge < -0.3 is 5.32 Å². The second-order valence-corrected chi connectivity index (χ2v) is 5.16. The maximum Gasteiger partial charge on any atom is 0.334 e. The van der Waals surface area contributed by atoms with Crippen molar-refractivity contribution in [2.75, 3.05) is 19.6 Å². The van der Waals surface area contributed by atoms with Gasteiger partial charge in [-0.15, -0.1) is 0 Å². The monoisotopic (exact) mass is 283 g/mol. The molecule has 1 aliphatic rings. The SMILES string of the molecule is CCCN1C(=O)C(=O)N(CC(=O)NCCC(C)C)C1=O. The van der Waals surface area contributed by atoms with E-state index in [-0.39, 0.29) is 6.54 Å². The molecule has 0 bridgehead atoms. The summed E-state index contributed by atoms with van der Waals surface area (Å²) in [5, 5.41) is 2.63. The number of hydrogen-bond donors (Lipinski definition) is 1. The van der Waals surface area contributed by atoms with Crippen LogP contribution < -0.4 is 5.32 Å². The molecule has 1 N–H and O–H groups in total. The number of imide groups is 2. The molecule has 0 aromatic rings. The van der Waals surface area contributed by atoms with Crippen LogP contribution >= 0.6 is 0 Å². The fourth-order valence-electron chi connectivity index (χ4n) is 1.81. The lowest BCUT2D eigenvalue weighted by Gasteiger charge is -2.14. The van der Waals surface area contributed by atoms with Crippen molar-refractivity contribution in [2.45, 2.75) is 33.6 Å². The molecule has 112 valence electrons. The summed E-state index contributed by atoms with van der Waals surface area (Å²) in [6, 6.07) is -0.708. The lowest BCUT2D eigenvalue weighted by atomic mass is 10.1. The standard InChI is InChI=1S/C13H21N3O4/c1-4-7-15-11(18)12(19)16(13(15)20)8-10(17)14-6-5-9(2)3/h9H,4-8H2,1-3H3,(H,14,17). The van der Waals surface area contributed by atoms with Gasteiger partial charge in [-0.25, -0.2) is 9.69 Å². The van der Waals surface area contributed by atoms with Gasteiger partial charge in [0.25, 0.3) is 0 Å². The zero-order valence-electron chi connectivity index (χ0n) is 12.1. The molecule has 0 aromatic heterocycles. The van der Waals surface area contributed by atoms with Gasteiger partial charge in [0, 0.05) is 13.1 Å². The van der Waals surface area contributed by atoms with Crippen LogP contribution in [0.3, 0.4) is 0 Å².